The van der Waals surface area contributed by atoms with Crippen LogP contribution in [0.2, 0.25) is 0 Å². The fourth-order valence-corrected chi connectivity index (χ4v) is 8.35. The maximum absolute atomic E-state index is 10.6. The van der Waals surface area contributed by atoms with E-state index in [1.54, 1.807) is 0 Å². The maximum atomic E-state index is 10.6. The summed E-state index contributed by atoms with van der Waals surface area (Å²) in [4.78, 5) is 0. The van der Waals surface area contributed by atoms with Gasteiger partial charge in [0.1, 0.15) is 0 Å². The van der Waals surface area contributed by atoms with E-state index in [1.807, 2.05) is 0 Å². The molecule has 0 bridgehead atoms. The highest BCUT2D eigenvalue weighted by Crippen LogP contribution is 2.66. The first-order chi connectivity index (χ1) is 13.0. The molecule has 0 unspecified atom stereocenters. The lowest BCUT2D eigenvalue weighted by atomic mass is 9.45. The van der Waals surface area contributed by atoms with Crippen LogP contribution in [-0.4, -0.2) is 30.2 Å². The molecule has 5 aliphatic rings. The number of hydrogen-bond donors (Lipinski definition) is 1. The Balaban J connectivity index is 1.27. The summed E-state index contributed by atoms with van der Waals surface area (Å²) in [5.41, 5.74) is 0.716. The first kappa shape index (κ1) is 18.9. The molecule has 0 amide bonds. The largest absolute Gasteiger partial charge is 0.393 e. The third kappa shape index (κ3) is 3.02. The number of aliphatic hydroxyl groups excluding tert-OH is 1. The lowest BCUT2D eigenvalue weighted by molar-refractivity contribution is -0.212. The van der Waals surface area contributed by atoms with Crippen LogP contribution in [0, 0.1) is 34.5 Å². The van der Waals surface area contributed by atoms with Crippen LogP contribution in [0.4, 0.5) is 0 Å². The van der Waals surface area contributed by atoms with Gasteiger partial charge in [0, 0.05) is 6.61 Å². The zero-order chi connectivity index (χ0) is 18.6. The van der Waals surface area contributed by atoms with Crippen molar-refractivity contribution in [3.63, 3.8) is 0 Å². The van der Waals surface area contributed by atoms with E-state index >= 15 is 0 Å². The molecule has 1 saturated heterocycles. The Morgan fingerprint density at radius 3 is 2.48 bits per heavy atom. The third-order valence-corrected chi connectivity index (χ3v) is 10.0. The molecule has 0 aromatic rings. The standard InChI is InChI=1S/C24H40O3/c1-23-12-10-17(27-22-5-3-4-14-26-22)15-16(23)6-7-18-19-8-9-21(25)24(19,2)13-11-20(18)23/h16-22,25H,3-15H2,1-2H3/t16-,17+,18+,19-,20+,21+,22+,23-,24-/m0/s1. The van der Waals surface area contributed by atoms with Crippen LogP contribution in [0.3, 0.4) is 0 Å². The minimum atomic E-state index is -0.0476. The highest BCUT2D eigenvalue weighted by molar-refractivity contribution is 5.09. The molecule has 0 radical (unpaired) electrons. The Labute approximate surface area is 165 Å². The number of hydrogen-bond acceptors (Lipinski definition) is 3. The second kappa shape index (κ2) is 6.99. The van der Waals surface area contributed by atoms with Gasteiger partial charge in [0.15, 0.2) is 6.29 Å². The molecule has 5 fully saturated rings. The predicted molar refractivity (Wildman–Crippen MR) is 106 cm³/mol. The van der Waals surface area contributed by atoms with Crippen molar-refractivity contribution < 1.29 is 14.6 Å². The van der Waals surface area contributed by atoms with Crippen LogP contribution in [0.25, 0.3) is 0 Å². The monoisotopic (exact) mass is 376 g/mol. The zero-order valence-electron chi connectivity index (χ0n) is 17.5. The minimum Gasteiger partial charge on any atom is -0.393 e. The summed E-state index contributed by atoms with van der Waals surface area (Å²) in [5, 5.41) is 10.6. The van der Waals surface area contributed by atoms with Crippen molar-refractivity contribution in [1.29, 1.82) is 0 Å². The Morgan fingerprint density at radius 1 is 0.852 bits per heavy atom. The zero-order valence-corrected chi connectivity index (χ0v) is 17.5. The van der Waals surface area contributed by atoms with Crippen LogP contribution in [0.15, 0.2) is 0 Å². The van der Waals surface area contributed by atoms with Crippen molar-refractivity contribution in [2.75, 3.05) is 6.61 Å². The summed E-state index contributed by atoms with van der Waals surface area (Å²) >= 11 is 0. The molecule has 5 rings (SSSR count). The van der Waals surface area contributed by atoms with Gasteiger partial charge in [0.25, 0.3) is 0 Å². The summed E-state index contributed by atoms with van der Waals surface area (Å²) in [6.07, 6.45) is 15.5. The minimum absolute atomic E-state index is 0.0476. The fraction of sp³-hybridized carbons (Fsp3) is 1.00. The van der Waals surface area contributed by atoms with Gasteiger partial charge >= 0.3 is 0 Å². The van der Waals surface area contributed by atoms with E-state index in [4.69, 9.17) is 9.47 Å². The van der Waals surface area contributed by atoms with E-state index in [2.05, 4.69) is 13.8 Å². The van der Waals surface area contributed by atoms with E-state index in [-0.39, 0.29) is 17.8 Å². The number of ether oxygens (including phenoxy) is 2. The Morgan fingerprint density at radius 2 is 1.67 bits per heavy atom. The van der Waals surface area contributed by atoms with Gasteiger partial charge in [-0.15, -0.1) is 0 Å². The topological polar surface area (TPSA) is 38.7 Å². The Kier molecular flexibility index (Phi) is 4.89. The molecular weight excluding hydrogens is 336 g/mol. The molecule has 3 heteroatoms. The average Bonchev–Trinajstić information content (AvgIpc) is 2.98. The van der Waals surface area contributed by atoms with Crippen molar-refractivity contribution in [2.24, 2.45) is 34.5 Å². The van der Waals surface area contributed by atoms with Crippen molar-refractivity contribution >= 4 is 0 Å². The highest BCUT2D eigenvalue weighted by Gasteiger charge is 2.60. The second-order valence-corrected chi connectivity index (χ2v) is 11.1. The molecule has 0 aromatic carbocycles. The van der Waals surface area contributed by atoms with Gasteiger partial charge in [-0.05, 0) is 112 Å². The summed E-state index contributed by atoms with van der Waals surface area (Å²) in [5.74, 6) is 3.35. The van der Waals surface area contributed by atoms with E-state index in [0.717, 1.165) is 43.1 Å². The molecule has 0 spiro atoms. The third-order valence-electron chi connectivity index (χ3n) is 10.0. The summed E-state index contributed by atoms with van der Waals surface area (Å²) in [6, 6.07) is 0. The molecule has 1 aliphatic heterocycles. The van der Waals surface area contributed by atoms with Gasteiger partial charge in [-0.2, -0.15) is 0 Å². The lowest BCUT2D eigenvalue weighted by Crippen LogP contribution is -2.54. The SMILES string of the molecule is C[C@]12CC[C@@H](O[C@@H]3CCCCO3)C[C@@H]1CC[C@H]1[C@H]2CC[C@]2(C)[C@H](O)CC[C@@H]12. The van der Waals surface area contributed by atoms with Crippen molar-refractivity contribution in [3.8, 4) is 0 Å². The Bertz CT molecular complexity index is 544. The van der Waals surface area contributed by atoms with E-state index < -0.39 is 0 Å². The fourth-order valence-electron chi connectivity index (χ4n) is 8.35. The first-order valence-corrected chi connectivity index (χ1v) is 12.0. The van der Waals surface area contributed by atoms with Gasteiger partial charge in [0.05, 0.1) is 12.2 Å². The van der Waals surface area contributed by atoms with E-state index in [1.165, 1.54) is 64.2 Å². The lowest BCUT2D eigenvalue weighted by Gasteiger charge is -2.61. The van der Waals surface area contributed by atoms with Crippen LogP contribution in [0.1, 0.15) is 90.9 Å². The molecule has 1 heterocycles. The van der Waals surface area contributed by atoms with Gasteiger partial charge in [-0.1, -0.05) is 13.8 Å². The van der Waals surface area contributed by atoms with E-state index in [9.17, 15) is 5.11 Å². The van der Waals surface area contributed by atoms with Crippen molar-refractivity contribution in [2.45, 2.75) is 109 Å². The number of fused-ring (bicyclic) bond motifs is 5. The molecule has 4 aliphatic carbocycles. The predicted octanol–water partition coefficient (Wildman–Crippen LogP) is 5.30. The summed E-state index contributed by atoms with van der Waals surface area (Å²) in [6.45, 7) is 5.90. The van der Waals surface area contributed by atoms with Crippen molar-refractivity contribution in [1.82, 2.24) is 0 Å². The van der Waals surface area contributed by atoms with Crippen LogP contribution in [0.5, 0.6) is 0 Å². The van der Waals surface area contributed by atoms with E-state index in [0.29, 0.717) is 11.5 Å². The van der Waals surface area contributed by atoms with Gasteiger partial charge in [-0.25, -0.2) is 0 Å². The molecule has 4 saturated carbocycles. The number of aliphatic hydroxyl groups is 1. The molecule has 154 valence electrons. The Hall–Kier alpha value is -0.120. The smallest absolute Gasteiger partial charge is 0.157 e. The molecule has 9 atom stereocenters. The quantitative estimate of drug-likeness (QED) is 0.665. The summed E-state index contributed by atoms with van der Waals surface area (Å²) in [7, 11) is 0. The van der Waals surface area contributed by atoms with Gasteiger partial charge < -0.3 is 14.6 Å². The van der Waals surface area contributed by atoms with Gasteiger partial charge in [-0.3, -0.25) is 0 Å². The molecule has 0 aromatic heterocycles. The van der Waals surface area contributed by atoms with Crippen LogP contribution in [-0.2, 0) is 9.47 Å². The maximum Gasteiger partial charge on any atom is 0.157 e. The number of rotatable bonds is 2. The summed E-state index contributed by atoms with van der Waals surface area (Å²) < 4.78 is 12.3. The molecular formula is C24H40O3. The average molecular weight is 377 g/mol. The highest BCUT2D eigenvalue weighted by atomic mass is 16.7. The first-order valence-electron chi connectivity index (χ1n) is 12.0. The van der Waals surface area contributed by atoms with Crippen molar-refractivity contribution in [3.05, 3.63) is 0 Å². The second-order valence-electron chi connectivity index (χ2n) is 11.1. The molecule has 1 N–H and O–H groups in total. The van der Waals surface area contributed by atoms with Crippen LogP contribution < -0.4 is 0 Å². The molecule has 3 nitrogen and oxygen atoms in total. The van der Waals surface area contributed by atoms with Crippen LogP contribution >= 0.6 is 0 Å². The normalized spacial score (nSPS) is 55.4. The van der Waals surface area contributed by atoms with Gasteiger partial charge in [0.2, 0.25) is 0 Å². The molecule has 27 heavy (non-hydrogen) atoms.